The minimum atomic E-state index is -0.418. The van der Waals surface area contributed by atoms with Gasteiger partial charge in [-0.25, -0.2) is 4.39 Å². The van der Waals surface area contributed by atoms with E-state index in [0.29, 0.717) is 16.9 Å². The summed E-state index contributed by atoms with van der Waals surface area (Å²) in [4.78, 5) is 12.4. The number of amides is 1. The standard InChI is InChI=1S/C18H19ClFNO4/c1-23-10-13-7-6-12(8-15(13)20)9-21-18(22)17-14(19)4-3-5-16(17)25-11-24-2/h3-8H,9-11H2,1-2H3,(H,21,22). The zero-order valence-corrected chi connectivity index (χ0v) is 14.7. The molecule has 25 heavy (non-hydrogen) atoms. The van der Waals surface area contributed by atoms with Crippen molar-refractivity contribution in [3.8, 4) is 5.75 Å². The van der Waals surface area contributed by atoms with Crippen molar-refractivity contribution in [2.75, 3.05) is 21.0 Å². The van der Waals surface area contributed by atoms with E-state index in [1.54, 1.807) is 30.3 Å². The summed E-state index contributed by atoms with van der Waals surface area (Å²) in [6.45, 7) is 0.336. The quantitative estimate of drug-likeness (QED) is 0.725. The van der Waals surface area contributed by atoms with Gasteiger partial charge in [-0.15, -0.1) is 0 Å². The van der Waals surface area contributed by atoms with Crippen LogP contribution in [-0.2, 0) is 22.6 Å². The van der Waals surface area contributed by atoms with E-state index in [0.717, 1.165) is 0 Å². The molecule has 7 heteroatoms. The van der Waals surface area contributed by atoms with Crippen molar-refractivity contribution < 1.29 is 23.4 Å². The summed E-state index contributed by atoms with van der Waals surface area (Å²) in [5.74, 6) is -0.484. The average Bonchev–Trinajstić information content (AvgIpc) is 2.60. The zero-order valence-electron chi connectivity index (χ0n) is 14.0. The van der Waals surface area contributed by atoms with Gasteiger partial charge in [0, 0.05) is 26.3 Å². The summed E-state index contributed by atoms with van der Waals surface area (Å²) in [5, 5.41) is 2.97. The van der Waals surface area contributed by atoms with Crippen LogP contribution in [0.5, 0.6) is 5.75 Å². The maximum Gasteiger partial charge on any atom is 0.256 e. The largest absolute Gasteiger partial charge is 0.467 e. The van der Waals surface area contributed by atoms with E-state index >= 15 is 0 Å². The van der Waals surface area contributed by atoms with Gasteiger partial charge in [0.1, 0.15) is 17.1 Å². The van der Waals surface area contributed by atoms with Crippen molar-refractivity contribution in [1.82, 2.24) is 5.32 Å². The van der Waals surface area contributed by atoms with E-state index in [-0.39, 0.29) is 36.3 Å². The van der Waals surface area contributed by atoms with E-state index in [1.165, 1.54) is 20.3 Å². The third kappa shape index (κ3) is 5.16. The molecule has 0 heterocycles. The van der Waals surface area contributed by atoms with Gasteiger partial charge in [0.2, 0.25) is 0 Å². The first kappa shape index (κ1) is 19.2. The molecule has 1 N–H and O–H groups in total. The van der Waals surface area contributed by atoms with Crippen molar-refractivity contribution in [3.63, 3.8) is 0 Å². The molecule has 5 nitrogen and oxygen atoms in total. The lowest BCUT2D eigenvalue weighted by molar-refractivity contribution is 0.0501. The molecule has 0 saturated heterocycles. The summed E-state index contributed by atoms with van der Waals surface area (Å²) >= 11 is 6.11. The number of rotatable bonds is 8. The summed E-state index contributed by atoms with van der Waals surface area (Å²) in [7, 11) is 2.98. The lowest BCUT2D eigenvalue weighted by Crippen LogP contribution is -2.24. The first-order valence-electron chi connectivity index (χ1n) is 7.51. The SMILES string of the molecule is COCOc1cccc(Cl)c1C(=O)NCc1ccc(COC)c(F)c1. The van der Waals surface area contributed by atoms with Crippen molar-refractivity contribution >= 4 is 17.5 Å². The Kier molecular flexibility index (Phi) is 7.18. The number of carbonyl (C=O) groups is 1. The molecule has 0 aliphatic rings. The van der Waals surface area contributed by atoms with E-state index in [2.05, 4.69) is 5.32 Å². The Labute approximate surface area is 150 Å². The lowest BCUT2D eigenvalue weighted by atomic mass is 10.1. The first-order chi connectivity index (χ1) is 12.1. The molecular weight excluding hydrogens is 349 g/mol. The van der Waals surface area contributed by atoms with Gasteiger partial charge < -0.3 is 19.5 Å². The van der Waals surface area contributed by atoms with E-state index in [1.807, 2.05) is 0 Å². The number of hydrogen-bond donors (Lipinski definition) is 1. The molecule has 0 aliphatic carbocycles. The van der Waals surface area contributed by atoms with Crippen molar-refractivity contribution in [2.45, 2.75) is 13.2 Å². The summed E-state index contributed by atoms with van der Waals surface area (Å²) in [6.07, 6.45) is 0. The van der Waals surface area contributed by atoms with Crippen LogP contribution in [0.25, 0.3) is 0 Å². The highest BCUT2D eigenvalue weighted by atomic mass is 35.5. The van der Waals surface area contributed by atoms with Crippen LogP contribution >= 0.6 is 11.6 Å². The zero-order chi connectivity index (χ0) is 18.2. The van der Waals surface area contributed by atoms with Crippen LogP contribution in [-0.4, -0.2) is 26.9 Å². The fourth-order valence-electron chi connectivity index (χ4n) is 2.21. The Morgan fingerprint density at radius 3 is 2.68 bits per heavy atom. The third-order valence-electron chi connectivity index (χ3n) is 3.41. The van der Waals surface area contributed by atoms with Gasteiger partial charge in [0.25, 0.3) is 5.91 Å². The Morgan fingerprint density at radius 2 is 2.00 bits per heavy atom. The summed E-state index contributed by atoms with van der Waals surface area (Å²) in [6, 6.07) is 9.61. The number of ether oxygens (including phenoxy) is 3. The Bertz CT molecular complexity index is 739. The Hall–Kier alpha value is -2.15. The third-order valence-corrected chi connectivity index (χ3v) is 3.72. The maximum absolute atomic E-state index is 13.9. The van der Waals surface area contributed by atoms with Crippen LogP contribution in [0.3, 0.4) is 0 Å². The van der Waals surface area contributed by atoms with Crippen LogP contribution in [0.4, 0.5) is 4.39 Å². The smallest absolute Gasteiger partial charge is 0.256 e. The van der Waals surface area contributed by atoms with Gasteiger partial charge in [-0.3, -0.25) is 4.79 Å². The highest BCUT2D eigenvalue weighted by Gasteiger charge is 2.17. The average molecular weight is 368 g/mol. The molecule has 0 unspecified atom stereocenters. The lowest BCUT2D eigenvalue weighted by Gasteiger charge is -2.13. The molecular formula is C18H19ClFNO4. The topological polar surface area (TPSA) is 56.8 Å². The second-order valence-electron chi connectivity index (χ2n) is 5.21. The summed E-state index contributed by atoms with van der Waals surface area (Å²) in [5.41, 5.74) is 1.29. The molecule has 0 aliphatic heterocycles. The minimum Gasteiger partial charge on any atom is -0.467 e. The molecule has 0 bridgehead atoms. The molecule has 134 valence electrons. The van der Waals surface area contributed by atoms with Gasteiger partial charge in [0.15, 0.2) is 6.79 Å². The first-order valence-corrected chi connectivity index (χ1v) is 7.89. The van der Waals surface area contributed by atoms with Crippen molar-refractivity contribution in [3.05, 3.63) is 63.9 Å². The van der Waals surface area contributed by atoms with Crippen LogP contribution in [0, 0.1) is 5.82 Å². The molecule has 0 radical (unpaired) electrons. The highest BCUT2D eigenvalue weighted by molar-refractivity contribution is 6.34. The molecule has 0 saturated carbocycles. The van der Waals surface area contributed by atoms with Gasteiger partial charge in [0.05, 0.1) is 11.6 Å². The van der Waals surface area contributed by atoms with Gasteiger partial charge >= 0.3 is 0 Å². The molecule has 0 spiro atoms. The number of halogens is 2. The number of carbonyl (C=O) groups excluding carboxylic acids is 1. The predicted octanol–water partition coefficient (Wildman–Crippen LogP) is 3.54. The number of nitrogens with one attached hydrogen (secondary N) is 1. The van der Waals surface area contributed by atoms with E-state index < -0.39 is 5.91 Å². The van der Waals surface area contributed by atoms with Crippen LogP contribution in [0.1, 0.15) is 21.5 Å². The predicted molar refractivity (Wildman–Crippen MR) is 92.2 cm³/mol. The van der Waals surface area contributed by atoms with Crippen molar-refractivity contribution in [1.29, 1.82) is 0 Å². The van der Waals surface area contributed by atoms with Crippen LogP contribution in [0.2, 0.25) is 5.02 Å². The van der Waals surface area contributed by atoms with Crippen molar-refractivity contribution in [2.24, 2.45) is 0 Å². The second-order valence-corrected chi connectivity index (χ2v) is 5.61. The monoisotopic (exact) mass is 367 g/mol. The number of benzene rings is 2. The molecule has 2 aromatic carbocycles. The second kappa shape index (κ2) is 9.36. The molecule has 0 aromatic heterocycles. The molecule has 1 amide bonds. The number of methoxy groups -OCH3 is 2. The van der Waals surface area contributed by atoms with Crippen LogP contribution < -0.4 is 10.1 Å². The van der Waals surface area contributed by atoms with Gasteiger partial charge in [-0.05, 0) is 23.8 Å². The maximum atomic E-state index is 13.9. The van der Waals surface area contributed by atoms with E-state index in [4.69, 9.17) is 25.8 Å². The molecule has 2 aromatic rings. The van der Waals surface area contributed by atoms with Crippen LogP contribution in [0.15, 0.2) is 36.4 Å². The fourth-order valence-corrected chi connectivity index (χ4v) is 2.46. The normalized spacial score (nSPS) is 10.6. The number of hydrogen-bond acceptors (Lipinski definition) is 4. The van der Waals surface area contributed by atoms with Gasteiger partial charge in [-0.1, -0.05) is 29.8 Å². The van der Waals surface area contributed by atoms with Gasteiger partial charge in [-0.2, -0.15) is 0 Å². The Morgan fingerprint density at radius 1 is 1.20 bits per heavy atom. The minimum absolute atomic E-state index is 0.00715. The molecule has 2 rings (SSSR count). The highest BCUT2D eigenvalue weighted by Crippen LogP contribution is 2.26. The molecule has 0 atom stereocenters. The van der Waals surface area contributed by atoms with E-state index in [9.17, 15) is 9.18 Å². The molecule has 0 fully saturated rings. The Balaban J connectivity index is 2.09. The summed E-state index contributed by atoms with van der Waals surface area (Å²) < 4.78 is 29.0. The fraction of sp³-hybridized carbons (Fsp3) is 0.278.